The summed E-state index contributed by atoms with van der Waals surface area (Å²) in [5, 5.41) is 4.16. The Balaban J connectivity index is 2.90. The zero-order valence-corrected chi connectivity index (χ0v) is 12.6. The molecular formula is C14H25N3O2. The van der Waals surface area contributed by atoms with Gasteiger partial charge in [0, 0.05) is 12.6 Å². The Hall–Kier alpha value is -1.23. The van der Waals surface area contributed by atoms with E-state index in [1.54, 1.807) is 4.68 Å². The smallest absolute Gasteiger partial charge is 0.172 e. The molecule has 19 heavy (non-hydrogen) atoms. The highest BCUT2D eigenvalue weighted by Gasteiger charge is 2.35. The number of carbonyl (C=O) groups is 1. The Kier molecular flexibility index (Phi) is 5.66. The molecule has 0 N–H and O–H groups in total. The van der Waals surface area contributed by atoms with Gasteiger partial charge in [-0.2, -0.15) is 5.10 Å². The Morgan fingerprint density at radius 1 is 1.37 bits per heavy atom. The van der Waals surface area contributed by atoms with Gasteiger partial charge < -0.3 is 4.74 Å². The van der Waals surface area contributed by atoms with Gasteiger partial charge in [-0.3, -0.25) is 4.79 Å². The van der Waals surface area contributed by atoms with E-state index < -0.39 is 5.60 Å². The molecule has 1 heterocycles. The van der Waals surface area contributed by atoms with Crippen molar-refractivity contribution in [3.8, 4) is 0 Å². The number of rotatable bonds is 8. The molecule has 0 aromatic carbocycles. The van der Waals surface area contributed by atoms with Crippen LogP contribution in [0, 0.1) is 0 Å². The topological polar surface area (TPSA) is 57.0 Å². The summed E-state index contributed by atoms with van der Waals surface area (Å²) in [5.74, 6) is 0.806. The number of ketones is 1. The lowest BCUT2D eigenvalue weighted by Gasteiger charge is -2.29. The Morgan fingerprint density at radius 3 is 2.47 bits per heavy atom. The van der Waals surface area contributed by atoms with Crippen LogP contribution in [0.3, 0.4) is 0 Å². The molecule has 0 amide bonds. The maximum Gasteiger partial charge on any atom is 0.172 e. The van der Waals surface area contributed by atoms with Crippen LogP contribution in [0.15, 0.2) is 6.33 Å². The predicted octanol–water partition coefficient (Wildman–Crippen LogP) is 2.57. The van der Waals surface area contributed by atoms with E-state index in [0.29, 0.717) is 25.3 Å². The summed E-state index contributed by atoms with van der Waals surface area (Å²) < 4.78 is 7.52. The zero-order chi connectivity index (χ0) is 14.5. The Labute approximate surface area is 115 Å². The second-order valence-corrected chi connectivity index (χ2v) is 4.95. The molecular weight excluding hydrogens is 242 g/mol. The van der Waals surface area contributed by atoms with E-state index in [1.165, 1.54) is 6.33 Å². The first-order valence-corrected chi connectivity index (χ1v) is 7.06. The van der Waals surface area contributed by atoms with Crippen molar-refractivity contribution in [3.05, 3.63) is 12.2 Å². The second kappa shape index (κ2) is 6.80. The number of Topliss-reactive ketones (excluding diaryl/α,β-unsaturated/α-hetero) is 1. The van der Waals surface area contributed by atoms with Crippen LogP contribution >= 0.6 is 0 Å². The molecule has 0 fully saturated rings. The van der Waals surface area contributed by atoms with Gasteiger partial charge in [0.1, 0.15) is 17.8 Å². The van der Waals surface area contributed by atoms with Crippen molar-refractivity contribution in [1.29, 1.82) is 0 Å². The molecule has 0 aliphatic rings. The minimum absolute atomic E-state index is 0.0919. The van der Waals surface area contributed by atoms with Crippen molar-refractivity contribution in [2.24, 2.45) is 0 Å². The van der Waals surface area contributed by atoms with Gasteiger partial charge in [-0.25, -0.2) is 9.67 Å². The van der Waals surface area contributed by atoms with Gasteiger partial charge in [-0.15, -0.1) is 0 Å². The molecule has 0 bridgehead atoms. The molecule has 0 atom stereocenters. The third-order valence-corrected chi connectivity index (χ3v) is 3.53. The van der Waals surface area contributed by atoms with E-state index in [2.05, 4.69) is 10.1 Å². The molecule has 5 nitrogen and oxygen atoms in total. The van der Waals surface area contributed by atoms with Crippen molar-refractivity contribution in [1.82, 2.24) is 14.8 Å². The first-order chi connectivity index (χ1) is 9.00. The molecule has 0 saturated carbocycles. The standard InChI is InChI=1S/C14H25N3O2/c1-6-14(7-2,19-8-3)12(18)9-13-15-10-16-17(13)11(4)5/h10-11H,6-9H2,1-5H3. The molecule has 1 rings (SSSR count). The van der Waals surface area contributed by atoms with Crippen molar-refractivity contribution < 1.29 is 9.53 Å². The molecule has 0 unspecified atom stereocenters. The molecule has 0 radical (unpaired) electrons. The quantitative estimate of drug-likeness (QED) is 0.726. The van der Waals surface area contributed by atoms with E-state index in [0.717, 1.165) is 0 Å². The predicted molar refractivity (Wildman–Crippen MR) is 74.1 cm³/mol. The second-order valence-electron chi connectivity index (χ2n) is 4.95. The molecule has 0 aliphatic carbocycles. The summed E-state index contributed by atoms with van der Waals surface area (Å²) in [6.45, 7) is 10.5. The lowest BCUT2D eigenvalue weighted by atomic mass is 9.89. The normalized spacial score (nSPS) is 12.1. The zero-order valence-electron chi connectivity index (χ0n) is 12.6. The van der Waals surface area contributed by atoms with Crippen LogP contribution in [-0.4, -0.2) is 32.8 Å². The van der Waals surface area contributed by atoms with E-state index >= 15 is 0 Å². The lowest BCUT2D eigenvalue weighted by Crippen LogP contribution is -2.42. The fourth-order valence-corrected chi connectivity index (χ4v) is 2.34. The van der Waals surface area contributed by atoms with Crippen LogP contribution in [0.2, 0.25) is 0 Å². The van der Waals surface area contributed by atoms with Gasteiger partial charge in [0.15, 0.2) is 5.78 Å². The number of aromatic nitrogens is 3. The summed E-state index contributed by atoms with van der Waals surface area (Å²) in [6, 6.07) is 0.204. The van der Waals surface area contributed by atoms with Crippen LogP contribution in [-0.2, 0) is 16.0 Å². The molecule has 0 saturated heterocycles. The summed E-state index contributed by atoms with van der Waals surface area (Å²) in [7, 11) is 0. The van der Waals surface area contributed by atoms with Gasteiger partial charge in [0.2, 0.25) is 0 Å². The van der Waals surface area contributed by atoms with Gasteiger partial charge in [0.25, 0.3) is 0 Å². The molecule has 1 aromatic heterocycles. The number of hydrogen-bond donors (Lipinski definition) is 0. The van der Waals surface area contributed by atoms with Crippen molar-refractivity contribution in [3.63, 3.8) is 0 Å². The van der Waals surface area contributed by atoms with Crippen LogP contribution in [0.1, 0.15) is 59.3 Å². The highest BCUT2D eigenvalue weighted by molar-refractivity contribution is 5.88. The molecule has 0 aliphatic heterocycles. The third-order valence-electron chi connectivity index (χ3n) is 3.53. The average molecular weight is 267 g/mol. The van der Waals surface area contributed by atoms with Crippen LogP contribution in [0.5, 0.6) is 0 Å². The van der Waals surface area contributed by atoms with Gasteiger partial charge >= 0.3 is 0 Å². The SMILES string of the molecule is CCOC(CC)(CC)C(=O)Cc1ncnn1C(C)C. The van der Waals surface area contributed by atoms with E-state index in [-0.39, 0.29) is 18.2 Å². The summed E-state index contributed by atoms with van der Waals surface area (Å²) in [4.78, 5) is 16.7. The largest absolute Gasteiger partial charge is 0.368 e. The lowest BCUT2D eigenvalue weighted by molar-refractivity contribution is -0.144. The highest BCUT2D eigenvalue weighted by Crippen LogP contribution is 2.23. The molecule has 0 spiro atoms. The number of nitrogens with zero attached hydrogens (tertiary/aromatic N) is 3. The van der Waals surface area contributed by atoms with E-state index in [9.17, 15) is 4.79 Å². The van der Waals surface area contributed by atoms with Gasteiger partial charge in [-0.05, 0) is 33.6 Å². The maximum absolute atomic E-state index is 12.6. The van der Waals surface area contributed by atoms with Crippen molar-refractivity contribution in [2.45, 2.75) is 65.5 Å². The van der Waals surface area contributed by atoms with E-state index in [4.69, 9.17) is 4.74 Å². The third kappa shape index (κ3) is 3.41. The van der Waals surface area contributed by atoms with Crippen LogP contribution in [0.25, 0.3) is 0 Å². The minimum Gasteiger partial charge on any atom is -0.368 e. The minimum atomic E-state index is -0.678. The fourth-order valence-electron chi connectivity index (χ4n) is 2.34. The first kappa shape index (κ1) is 15.8. The van der Waals surface area contributed by atoms with Crippen LogP contribution < -0.4 is 0 Å². The molecule has 5 heteroatoms. The Morgan fingerprint density at radius 2 is 2.00 bits per heavy atom. The number of hydrogen-bond acceptors (Lipinski definition) is 4. The highest BCUT2D eigenvalue weighted by atomic mass is 16.5. The maximum atomic E-state index is 12.6. The summed E-state index contributed by atoms with van der Waals surface area (Å²) >= 11 is 0. The number of ether oxygens (including phenoxy) is 1. The molecule has 108 valence electrons. The van der Waals surface area contributed by atoms with Gasteiger partial charge in [-0.1, -0.05) is 13.8 Å². The van der Waals surface area contributed by atoms with Crippen LogP contribution in [0.4, 0.5) is 0 Å². The summed E-state index contributed by atoms with van der Waals surface area (Å²) in [5.41, 5.74) is -0.678. The Bertz CT molecular complexity index is 409. The number of carbonyl (C=O) groups excluding carboxylic acids is 1. The monoisotopic (exact) mass is 267 g/mol. The summed E-state index contributed by atoms with van der Waals surface area (Å²) in [6.07, 6.45) is 3.15. The van der Waals surface area contributed by atoms with Crippen molar-refractivity contribution in [2.75, 3.05) is 6.61 Å². The fraction of sp³-hybridized carbons (Fsp3) is 0.786. The first-order valence-electron chi connectivity index (χ1n) is 7.06. The molecule has 1 aromatic rings. The van der Waals surface area contributed by atoms with E-state index in [1.807, 2.05) is 34.6 Å². The average Bonchev–Trinajstić information content (AvgIpc) is 2.84. The van der Waals surface area contributed by atoms with Gasteiger partial charge in [0.05, 0.1) is 6.42 Å². The van der Waals surface area contributed by atoms with Crippen molar-refractivity contribution >= 4 is 5.78 Å².